The Kier molecular flexibility index (Phi) is 5.75. The number of aliphatic hydroxyl groups excluding tert-OH is 1. The van der Waals surface area contributed by atoms with Crippen molar-refractivity contribution in [1.29, 1.82) is 0 Å². The van der Waals surface area contributed by atoms with E-state index in [1.54, 1.807) is 0 Å². The summed E-state index contributed by atoms with van der Waals surface area (Å²) in [5.41, 5.74) is 6.09. The maximum Gasteiger partial charge on any atom is 0.315 e. The van der Waals surface area contributed by atoms with E-state index >= 15 is 0 Å². The van der Waals surface area contributed by atoms with E-state index < -0.39 is 24.1 Å². The Balaban J connectivity index is 2.02. The van der Waals surface area contributed by atoms with E-state index in [0.717, 1.165) is 10.5 Å². The lowest BCUT2D eigenvalue weighted by atomic mass is 10.1. The van der Waals surface area contributed by atoms with Gasteiger partial charge in [0.1, 0.15) is 6.04 Å². The number of hydrogen-bond donors (Lipinski definition) is 4. The molecule has 0 aliphatic carbocycles. The Morgan fingerprint density at radius 3 is 2.58 bits per heavy atom. The first kappa shape index (κ1) is 17.7. The van der Waals surface area contributed by atoms with Crippen LogP contribution in [0, 0.1) is 0 Å². The van der Waals surface area contributed by atoms with Crippen LogP contribution < -0.4 is 16.4 Å². The Morgan fingerprint density at radius 1 is 1.33 bits per heavy atom. The maximum absolute atomic E-state index is 12.3. The number of amides is 4. The Morgan fingerprint density at radius 2 is 2.00 bits per heavy atom. The van der Waals surface area contributed by atoms with Gasteiger partial charge in [0, 0.05) is 26.4 Å². The fraction of sp³-hybridized carbons (Fsp3) is 0.438. The summed E-state index contributed by atoms with van der Waals surface area (Å²) in [5.74, 6) is -0.621. The highest BCUT2D eigenvalue weighted by atomic mass is 16.3. The lowest BCUT2D eigenvalue weighted by Gasteiger charge is -2.24. The molecule has 4 amide bonds. The van der Waals surface area contributed by atoms with Gasteiger partial charge in [-0.1, -0.05) is 30.3 Å². The average Bonchev–Trinajstić information content (AvgIpc) is 2.94. The standard InChI is InChI=1S/C16H22N4O4/c1-10(21)19-13(11-5-3-2-4-6-11)8-18-15(23)14-7-12(22)9-20(14)16(17)24/h2-6,12-14,22H,7-9H2,1H3,(H2,17,24)(H,18,23)(H,19,21). The molecule has 8 heteroatoms. The number of likely N-dealkylation sites (tertiary alicyclic amines) is 1. The molecular formula is C16H22N4O4. The smallest absolute Gasteiger partial charge is 0.315 e. The van der Waals surface area contributed by atoms with E-state index in [2.05, 4.69) is 10.6 Å². The van der Waals surface area contributed by atoms with Crippen molar-refractivity contribution in [2.45, 2.75) is 31.5 Å². The molecule has 1 aliphatic rings. The number of carbonyl (C=O) groups is 3. The summed E-state index contributed by atoms with van der Waals surface area (Å²) in [7, 11) is 0. The van der Waals surface area contributed by atoms with Crippen LogP contribution >= 0.6 is 0 Å². The number of primary amides is 1. The van der Waals surface area contributed by atoms with Gasteiger partial charge < -0.3 is 26.4 Å². The number of β-amino-alcohol motifs (C(OH)–C–C–N with tert-alkyl or cyclic N) is 1. The van der Waals surface area contributed by atoms with Crippen LogP contribution in [-0.4, -0.2) is 53.1 Å². The van der Waals surface area contributed by atoms with Gasteiger partial charge in [0.15, 0.2) is 0 Å². The molecule has 1 saturated heterocycles. The summed E-state index contributed by atoms with van der Waals surface area (Å²) in [4.78, 5) is 36.2. The van der Waals surface area contributed by atoms with Crippen molar-refractivity contribution in [3.63, 3.8) is 0 Å². The molecule has 1 aromatic rings. The second-order valence-corrected chi connectivity index (χ2v) is 5.80. The number of aliphatic hydroxyl groups is 1. The number of rotatable bonds is 5. The molecule has 3 unspecified atom stereocenters. The summed E-state index contributed by atoms with van der Waals surface area (Å²) in [5, 5.41) is 15.2. The molecule has 8 nitrogen and oxygen atoms in total. The zero-order chi connectivity index (χ0) is 17.7. The zero-order valence-electron chi connectivity index (χ0n) is 13.4. The molecule has 0 aromatic heterocycles. The van der Waals surface area contributed by atoms with E-state index in [1.807, 2.05) is 30.3 Å². The van der Waals surface area contributed by atoms with Gasteiger partial charge in [-0.05, 0) is 5.56 Å². The van der Waals surface area contributed by atoms with Crippen molar-refractivity contribution in [3.05, 3.63) is 35.9 Å². The third-order valence-electron chi connectivity index (χ3n) is 3.92. The van der Waals surface area contributed by atoms with Crippen LogP contribution in [0.4, 0.5) is 4.79 Å². The van der Waals surface area contributed by atoms with Crippen LogP contribution in [0.25, 0.3) is 0 Å². The van der Waals surface area contributed by atoms with Crippen LogP contribution in [0.3, 0.4) is 0 Å². The second-order valence-electron chi connectivity index (χ2n) is 5.80. The minimum Gasteiger partial charge on any atom is -0.391 e. The van der Waals surface area contributed by atoms with E-state index in [9.17, 15) is 19.5 Å². The molecule has 1 heterocycles. The first-order chi connectivity index (χ1) is 11.4. The van der Waals surface area contributed by atoms with Gasteiger partial charge in [-0.15, -0.1) is 0 Å². The monoisotopic (exact) mass is 334 g/mol. The van der Waals surface area contributed by atoms with E-state index in [1.165, 1.54) is 6.92 Å². The summed E-state index contributed by atoms with van der Waals surface area (Å²) in [6, 6.07) is 7.31. The number of nitrogens with two attached hydrogens (primary N) is 1. The van der Waals surface area contributed by atoms with Crippen molar-refractivity contribution in [3.8, 4) is 0 Å². The number of carbonyl (C=O) groups excluding carboxylic acids is 3. The number of urea groups is 1. The third kappa shape index (κ3) is 4.45. The highest BCUT2D eigenvalue weighted by Gasteiger charge is 2.38. The quantitative estimate of drug-likeness (QED) is 0.579. The lowest BCUT2D eigenvalue weighted by Crippen LogP contribution is -2.49. The van der Waals surface area contributed by atoms with E-state index in [0.29, 0.717) is 0 Å². The molecule has 130 valence electrons. The number of hydrogen-bond acceptors (Lipinski definition) is 4. The SMILES string of the molecule is CC(=O)NC(CNC(=O)C1CC(O)CN1C(N)=O)c1ccccc1. The van der Waals surface area contributed by atoms with Crippen LogP contribution in [-0.2, 0) is 9.59 Å². The molecule has 0 radical (unpaired) electrons. The number of nitrogens with one attached hydrogen (secondary N) is 2. The summed E-state index contributed by atoms with van der Waals surface area (Å²) in [6.07, 6.45) is -0.626. The third-order valence-corrected chi connectivity index (χ3v) is 3.92. The summed E-state index contributed by atoms with van der Waals surface area (Å²) < 4.78 is 0. The molecule has 1 fully saturated rings. The molecule has 5 N–H and O–H groups in total. The maximum atomic E-state index is 12.3. The topological polar surface area (TPSA) is 125 Å². The van der Waals surface area contributed by atoms with Gasteiger partial charge in [-0.25, -0.2) is 4.79 Å². The molecule has 1 aliphatic heterocycles. The zero-order valence-corrected chi connectivity index (χ0v) is 13.4. The van der Waals surface area contributed by atoms with Crippen LogP contribution in [0.15, 0.2) is 30.3 Å². The highest BCUT2D eigenvalue weighted by Crippen LogP contribution is 2.18. The number of nitrogens with zero attached hydrogens (tertiary/aromatic N) is 1. The Hall–Kier alpha value is -2.61. The van der Waals surface area contributed by atoms with Gasteiger partial charge in [-0.2, -0.15) is 0 Å². The van der Waals surface area contributed by atoms with Crippen LogP contribution in [0.5, 0.6) is 0 Å². The molecule has 0 saturated carbocycles. The number of benzene rings is 1. The summed E-state index contributed by atoms with van der Waals surface area (Å²) in [6.45, 7) is 1.61. The minimum absolute atomic E-state index is 0.0429. The molecule has 3 atom stereocenters. The predicted octanol–water partition coefficient (Wildman–Crippen LogP) is -0.506. The second kappa shape index (κ2) is 7.78. The Labute approximate surface area is 140 Å². The minimum atomic E-state index is -0.800. The van der Waals surface area contributed by atoms with Crippen molar-refractivity contribution in [2.24, 2.45) is 5.73 Å². The fourth-order valence-electron chi connectivity index (χ4n) is 2.81. The molecule has 2 rings (SSSR count). The van der Waals surface area contributed by atoms with Crippen molar-refractivity contribution in [2.75, 3.05) is 13.1 Å². The highest BCUT2D eigenvalue weighted by molar-refractivity contribution is 5.87. The molecule has 0 bridgehead atoms. The van der Waals surface area contributed by atoms with Gasteiger partial charge in [0.05, 0.1) is 12.1 Å². The van der Waals surface area contributed by atoms with Crippen LogP contribution in [0.2, 0.25) is 0 Å². The van der Waals surface area contributed by atoms with Gasteiger partial charge in [-0.3, -0.25) is 9.59 Å². The van der Waals surface area contributed by atoms with Gasteiger partial charge >= 0.3 is 6.03 Å². The molecule has 1 aromatic carbocycles. The normalized spacial score (nSPS) is 21.2. The first-order valence-electron chi connectivity index (χ1n) is 7.72. The molecular weight excluding hydrogens is 312 g/mol. The predicted molar refractivity (Wildman–Crippen MR) is 86.7 cm³/mol. The van der Waals surface area contributed by atoms with Gasteiger partial charge in [0.25, 0.3) is 0 Å². The lowest BCUT2D eigenvalue weighted by molar-refractivity contribution is -0.125. The van der Waals surface area contributed by atoms with Gasteiger partial charge in [0.2, 0.25) is 11.8 Å². The van der Waals surface area contributed by atoms with Crippen LogP contribution in [0.1, 0.15) is 24.9 Å². The summed E-state index contributed by atoms with van der Waals surface area (Å²) >= 11 is 0. The fourth-order valence-corrected chi connectivity index (χ4v) is 2.81. The first-order valence-corrected chi connectivity index (χ1v) is 7.72. The average molecular weight is 334 g/mol. The van der Waals surface area contributed by atoms with Crippen molar-refractivity contribution >= 4 is 17.8 Å². The molecule has 0 spiro atoms. The largest absolute Gasteiger partial charge is 0.391 e. The molecule has 24 heavy (non-hydrogen) atoms. The van der Waals surface area contributed by atoms with E-state index in [4.69, 9.17) is 5.73 Å². The van der Waals surface area contributed by atoms with E-state index in [-0.39, 0.29) is 31.5 Å². The van der Waals surface area contributed by atoms with Crippen molar-refractivity contribution < 1.29 is 19.5 Å². The Bertz CT molecular complexity index is 607. The van der Waals surface area contributed by atoms with Crippen molar-refractivity contribution in [1.82, 2.24) is 15.5 Å².